The molecule has 0 N–H and O–H groups in total. The Morgan fingerprint density at radius 3 is 2.64 bits per heavy atom. The minimum atomic E-state index is 0.298. The Morgan fingerprint density at radius 2 is 1.79 bits per heavy atom. The predicted molar refractivity (Wildman–Crippen MR) is 109 cm³/mol. The van der Waals surface area contributed by atoms with Crippen molar-refractivity contribution in [3.8, 4) is 17.1 Å². The van der Waals surface area contributed by atoms with E-state index in [-0.39, 0.29) is 0 Å². The molecule has 0 aliphatic rings. The topological polar surface area (TPSA) is 52.6 Å². The summed E-state index contributed by atoms with van der Waals surface area (Å²) in [4.78, 5) is 4.48. The molecule has 5 aromatic rings. The standard InChI is InChI=1S/C22H16ClN3O2/c1-14-20(13-27-19-12-6-8-15-7-2-3-9-16(15)19)28-22-24-21(25-26(14)22)17-10-4-5-11-18(17)23/h2-12H,13H2,1H3. The Balaban J connectivity index is 1.45. The van der Waals surface area contributed by atoms with Crippen LogP contribution in [0.2, 0.25) is 5.02 Å². The zero-order valence-electron chi connectivity index (χ0n) is 15.1. The second-order valence-corrected chi connectivity index (χ2v) is 6.89. The van der Waals surface area contributed by atoms with Crippen LogP contribution in [-0.2, 0) is 6.61 Å². The number of halogens is 1. The fourth-order valence-corrected chi connectivity index (χ4v) is 3.46. The zero-order chi connectivity index (χ0) is 19.1. The highest BCUT2D eigenvalue weighted by Crippen LogP contribution is 2.28. The van der Waals surface area contributed by atoms with Crippen LogP contribution < -0.4 is 4.74 Å². The molecule has 0 amide bonds. The number of aromatic nitrogens is 3. The lowest BCUT2D eigenvalue weighted by Crippen LogP contribution is -1.98. The van der Waals surface area contributed by atoms with Crippen molar-refractivity contribution >= 4 is 28.2 Å². The first-order chi connectivity index (χ1) is 13.7. The third-order valence-corrected chi connectivity index (χ3v) is 5.07. The van der Waals surface area contributed by atoms with Gasteiger partial charge in [0.25, 0.3) is 0 Å². The van der Waals surface area contributed by atoms with E-state index in [1.807, 2.05) is 61.5 Å². The van der Waals surface area contributed by atoms with Gasteiger partial charge in [-0.3, -0.25) is 0 Å². The van der Waals surface area contributed by atoms with Crippen LogP contribution >= 0.6 is 11.6 Å². The molecule has 6 heteroatoms. The summed E-state index contributed by atoms with van der Waals surface area (Å²) in [7, 11) is 0. The number of oxazole rings is 1. The average molecular weight is 390 g/mol. The first kappa shape index (κ1) is 16.8. The van der Waals surface area contributed by atoms with Gasteiger partial charge < -0.3 is 9.15 Å². The molecule has 0 bridgehead atoms. The summed E-state index contributed by atoms with van der Waals surface area (Å²) >= 11 is 6.25. The van der Waals surface area contributed by atoms with E-state index in [0.29, 0.717) is 29.1 Å². The normalized spacial score (nSPS) is 11.4. The van der Waals surface area contributed by atoms with Gasteiger partial charge in [-0.1, -0.05) is 60.1 Å². The van der Waals surface area contributed by atoms with Gasteiger partial charge >= 0.3 is 5.84 Å². The van der Waals surface area contributed by atoms with E-state index in [9.17, 15) is 0 Å². The summed E-state index contributed by atoms with van der Waals surface area (Å²) in [5, 5.41) is 7.35. The van der Waals surface area contributed by atoms with E-state index in [2.05, 4.69) is 22.2 Å². The minimum Gasteiger partial charge on any atom is -0.485 e. The van der Waals surface area contributed by atoms with Crippen LogP contribution in [0, 0.1) is 6.92 Å². The fourth-order valence-electron chi connectivity index (χ4n) is 3.24. The highest BCUT2D eigenvalue weighted by atomic mass is 35.5. The Labute approximate surface area is 166 Å². The molecule has 138 valence electrons. The lowest BCUT2D eigenvalue weighted by molar-refractivity contribution is 0.276. The van der Waals surface area contributed by atoms with Gasteiger partial charge in [0.15, 0.2) is 11.6 Å². The molecule has 5 rings (SSSR count). The number of hydrogen-bond acceptors (Lipinski definition) is 4. The molecule has 0 radical (unpaired) electrons. The molecule has 28 heavy (non-hydrogen) atoms. The number of ether oxygens (including phenoxy) is 1. The number of rotatable bonds is 4. The lowest BCUT2D eigenvalue weighted by atomic mass is 10.1. The molecule has 3 aromatic carbocycles. The smallest absolute Gasteiger partial charge is 0.325 e. The molecule has 0 fully saturated rings. The van der Waals surface area contributed by atoms with Crippen molar-refractivity contribution in [3.05, 3.63) is 83.2 Å². The molecule has 0 unspecified atom stereocenters. The molecule has 5 nitrogen and oxygen atoms in total. The summed E-state index contributed by atoms with van der Waals surface area (Å²) in [6.07, 6.45) is 0. The average Bonchev–Trinajstić information content (AvgIpc) is 3.26. The van der Waals surface area contributed by atoms with Crippen LogP contribution in [0.4, 0.5) is 0 Å². The van der Waals surface area contributed by atoms with Crippen molar-refractivity contribution in [2.24, 2.45) is 0 Å². The summed E-state index contributed by atoms with van der Waals surface area (Å²) < 4.78 is 13.6. The molecule has 0 aliphatic carbocycles. The van der Waals surface area contributed by atoms with Gasteiger partial charge in [-0.05, 0) is 30.5 Å². The Hall–Kier alpha value is -3.31. The van der Waals surface area contributed by atoms with Gasteiger partial charge in [-0.25, -0.2) is 0 Å². The summed E-state index contributed by atoms with van der Waals surface area (Å²) in [6.45, 7) is 2.23. The number of fused-ring (bicyclic) bond motifs is 2. The molecule has 0 atom stereocenters. The van der Waals surface area contributed by atoms with Crippen LogP contribution in [0.3, 0.4) is 0 Å². The monoisotopic (exact) mass is 389 g/mol. The van der Waals surface area contributed by atoms with Gasteiger partial charge in [0.05, 0.1) is 10.7 Å². The summed E-state index contributed by atoms with van der Waals surface area (Å²) in [6, 6.07) is 21.6. The van der Waals surface area contributed by atoms with Crippen LogP contribution in [0.15, 0.2) is 71.1 Å². The van der Waals surface area contributed by atoms with Crippen LogP contribution in [0.1, 0.15) is 11.5 Å². The summed E-state index contributed by atoms with van der Waals surface area (Å²) in [5.41, 5.74) is 1.62. The molecule has 0 aliphatic heterocycles. The number of hydrogen-bond donors (Lipinski definition) is 0. The van der Waals surface area contributed by atoms with Crippen molar-refractivity contribution in [1.82, 2.24) is 14.6 Å². The van der Waals surface area contributed by atoms with Crippen LogP contribution in [0.25, 0.3) is 28.0 Å². The van der Waals surface area contributed by atoms with Gasteiger partial charge in [0.1, 0.15) is 12.4 Å². The summed E-state index contributed by atoms with van der Waals surface area (Å²) in [5.74, 6) is 2.46. The number of benzene rings is 3. The molecule has 0 spiro atoms. The van der Waals surface area contributed by atoms with E-state index in [1.165, 1.54) is 0 Å². The van der Waals surface area contributed by atoms with E-state index < -0.39 is 0 Å². The maximum atomic E-state index is 6.25. The van der Waals surface area contributed by atoms with Crippen LogP contribution in [0.5, 0.6) is 5.75 Å². The maximum Gasteiger partial charge on any atom is 0.325 e. The molecule has 2 heterocycles. The van der Waals surface area contributed by atoms with E-state index in [4.69, 9.17) is 20.8 Å². The van der Waals surface area contributed by atoms with Gasteiger partial charge in [-0.2, -0.15) is 9.50 Å². The van der Waals surface area contributed by atoms with Gasteiger partial charge in [0, 0.05) is 10.9 Å². The maximum absolute atomic E-state index is 6.25. The van der Waals surface area contributed by atoms with Gasteiger partial charge in [-0.15, -0.1) is 5.10 Å². The van der Waals surface area contributed by atoms with Crippen molar-refractivity contribution in [2.45, 2.75) is 13.5 Å². The number of nitrogens with zero attached hydrogens (tertiary/aromatic N) is 3. The second-order valence-electron chi connectivity index (χ2n) is 6.49. The molecule has 0 saturated carbocycles. The lowest BCUT2D eigenvalue weighted by Gasteiger charge is -2.08. The first-order valence-electron chi connectivity index (χ1n) is 8.91. The third-order valence-electron chi connectivity index (χ3n) is 4.74. The first-order valence-corrected chi connectivity index (χ1v) is 9.29. The SMILES string of the molecule is Cc1c(COc2cccc3ccccc23)oc2nc(-c3ccccc3Cl)nn12. The third kappa shape index (κ3) is 2.80. The Morgan fingerprint density at radius 1 is 1.00 bits per heavy atom. The van der Waals surface area contributed by atoms with Crippen LogP contribution in [-0.4, -0.2) is 14.6 Å². The Bertz CT molecular complexity index is 1300. The quantitative estimate of drug-likeness (QED) is 0.396. The van der Waals surface area contributed by atoms with Crippen molar-refractivity contribution in [3.63, 3.8) is 0 Å². The van der Waals surface area contributed by atoms with Crippen molar-refractivity contribution in [1.29, 1.82) is 0 Å². The molecule has 0 saturated heterocycles. The molecule has 2 aromatic heterocycles. The highest BCUT2D eigenvalue weighted by molar-refractivity contribution is 6.33. The molecular formula is C22H16ClN3O2. The number of aryl methyl sites for hydroxylation is 1. The largest absolute Gasteiger partial charge is 0.485 e. The van der Waals surface area contributed by atoms with Crippen molar-refractivity contribution < 1.29 is 9.15 Å². The fraction of sp³-hybridized carbons (Fsp3) is 0.0909. The highest BCUT2D eigenvalue weighted by Gasteiger charge is 2.18. The minimum absolute atomic E-state index is 0.298. The predicted octanol–water partition coefficient (Wildman–Crippen LogP) is 5.68. The van der Waals surface area contributed by atoms with Crippen molar-refractivity contribution in [2.75, 3.05) is 0 Å². The van der Waals surface area contributed by atoms with E-state index in [0.717, 1.165) is 27.8 Å². The zero-order valence-corrected chi connectivity index (χ0v) is 15.8. The Kier molecular flexibility index (Phi) is 4.02. The van der Waals surface area contributed by atoms with E-state index >= 15 is 0 Å². The van der Waals surface area contributed by atoms with Gasteiger partial charge in [0.2, 0.25) is 0 Å². The van der Waals surface area contributed by atoms with E-state index in [1.54, 1.807) is 4.52 Å². The molecular weight excluding hydrogens is 374 g/mol. The second kappa shape index (κ2) is 6.69.